The van der Waals surface area contributed by atoms with Crippen molar-refractivity contribution in [3.8, 4) is 0 Å². The lowest BCUT2D eigenvalue weighted by atomic mass is 10.1. The minimum Gasteiger partial charge on any atom is -0.396 e. The topological polar surface area (TPSA) is 84.2 Å². The Hall–Kier alpha value is -2.11. The summed E-state index contributed by atoms with van der Waals surface area (Å²) in [5.41, 5.74) is 5.44. The van der Waals surface area contributed by atoms with E-state index in [4.69, 9.17) is 5.73 Å². The van der Waals surface area contributed by atoms with E-state index < -0.39 is 17.8 Å². The zero-order chi connectivity index (χ0) is 15.3. The molecule has 0 aromatic heterocycles. The van der Waals surface area contributed by atoms with Crippen LogP contribution in [0.2, 0.25) is 0 Å². The Balaban J connectivity index is 2.60. The molecule has 0 aliphatic carbocycles. The molecule has 20 heavy (non-hydrogen) atoms. The van der Waals surface area contributed by atoms with Crippen LogP contribution >= 0.6 is 0 Å². The highest BCUT2D eigenvalue weighted by molar-refractivity contribution is 5.97. The highest BCUT2D eigenvalue weighted by atomic mass is 19.1. The molecule has 110 valence electrons. The first kappa shape index (κ1) is 15.9. The van der Waals surface area contributed by atoms with Crippen LogP contribution in [0.1, 0.15) is 31.1 Å². The molecule has 1 unspecified atom stereocenters. The van der Waals surface area contributed by atoms with Gasteiger partial charge in [-0.05, 0) is 31.0 Å². The minimum atomic E-state index is -0.693. The molecule has 1 aromatic carbocycles. The van der Waals surface area contributed by atoms with Crippen molar-refractivity contribution in [2.75, 3.05) is 12.3 Å². The molecule has 0 heterocycles. The molecule has 5 nitrogen and oxygen atoms in total. The lowest BCUT2D eigenvalue weighted by molar-refractivity contribution is -0.122. The number of nitrogens with one attached hydrogen (secondary N) is 2. The van der Waals surface area contributed by atoms with Crippen molar-refractivity contribution in [2.45, 2.75) is 26.8 Å². The maximum Gasteiger partial charge on any atom is 0.252 e. The first-order valence-corrected chi connectivity index (χ1v) is 6.45. The van der Waals surface area contributed by atoms with Crippen LogP contribution < -0.4 is 16.4 Å². The van der Waals surface area contributed by atoms with Crippen molar-refractivity contribution in [2.24, 2.45) is 5.92 Å². The summed E-state index contributed by atoms with van der Waals surface area (Å²) in [5.74, 6) is -1.12. The van der Waals surface area contributed by atoms with E-state index in [0.29, 0.717) is 12.5 Å². The molecule has 0 spiro atoms. The molecule has 0 radical (unpaired) electrons. The van der Waals surface area contributed by atoms with E-state index >= 15 is 0 Å². The van der Waals surface area contributed by atoms with E-state index in [9.17, 15) is 14.0 Å². The minimum absolute atomic E-state index is 0.0238. The number of benzene rings is 1. The number of anilines is 1. The number of nitrogens with two attached hydrogens (primary N) is 1. The number of carbonyl (C=O) groups is 2. The van der Waals surface area contributed by atoms with Gasteiger partial charge in [-0.15, -0.1) is 0 Å². The maximum absolute atomic E-state index is 13.3. The molecule has 2 amide bonds. The van der Waals surface area contributed by atoms with E-state index in [-0.39, 0.29) is 17.2 Å². The second-order valence-electron chi connectivity index (χ2n) is 5.07. The van der Waals surface area contributed by atoms with E-state index in [1.54, 1.807) is 6.92 Å². The Bertz CT molecular complexity index is 503. The standard InChI is InChI=1S/C14H20FN3O2/c1-8(2)7-17-13(19)9(3)18-14(20)10-4-5-12(16)11(15)6-10/h4-6,8-9H,7,16H2,1-3H3,(H,17,19)(H,18,20). The zero-order valence-electron chi connectivity index (χ0n) is 11.9. The maximum atomic E-state index is 13.3. The molecule has 0 aliphatic rings. The van der Waals surface area contributed by atoms with Gasteiger partial charge >= 0.3 is 0 Å². The summed E-state index contributed by atoms with van der Waals surface area (Å²) in [5, 5.41) is 5.22. The van der Waals surface area contributed by atoms with Crippen LogP contribution in [0.4, 0.5) is 10.1 Å². The van der Waals surface area contributed by atoms with Crippen LogP contribution in [0.25, 0.3) is 0 Å². The molecule has 1 atom stereocenters. The third kappa shape index (κ3) is 4.53. The van der Waals surface area contributed by atoms with Crippen LogP contribution in [0.5, 0.6) is 0 Å². The second kappa shape index (κ2) is 6.88. The smallest absolute Gasteiger partial charge is 0.252 e. The fourth-order valence-corrected chi connectivity index (χ4v) is 1.47. The average molecular weight is 281 g/mol. The third-order valence-corrected chi connectivity index (χ3v) is 2.69. The molecule has 0 saturated heterocycles. The van der Waals surface area contributed by atoms with Gasteiger partial charge in [0.1, 0.15) is 11.9 Å². The summed E-state index contributed by atoms with van der Waals surface area (Å²) in [6, 6.07) is 3.07. The molecule has 4 N–H and O–H groups in total. The summed E-state index contributed by atoms with van der Waals surface area (Å²) in [4.78, 5) is 23.6. The molecule has 1 rings (SSSR count). The van der Waals surface area contributed by atoms with Gasteiger partial charge in [0.2, 0.25) is 5.91 Å². The molecule has 0 fully saturated rings. The average Bonchev–Trinajstić information content (AvgIpc) is 2.38. The van der Waals surface area contributed by atoms with Gasteiger partial charge in [0, 0.05) is 12.1 Å². The normalized spacial score (nSPS) is 12.1. The third-order valence-electron chi connectivity index (χ3n) is 2.69. The molecular weight excluding hydrogens is 261 g/mol. The number of carbonyl (C=O) groups excluding carboxylic acids is 2. The lowest BCUT2D eigenvalue weighted by Gasteiger charge is -2.15. The Morgan fingerprint density at radius 3 is 2.50 bits per heavy atom. The van der Waals surface area contributed by atoms with Crippen LogP contribution in [0.15, 0.2) is 18.2 Å². The van der Waals surface area contributed by atoms with Crippen molar-refractivity contribution in [1.29, 1.82) is 0 Å². The van der Waals surface area contributed by atoms with Gasteiger partial charge in [-0.3, -0.25) is 9.59 Å². The van der Waals surface area contributed by atoms with E-state index in [1.165, 1.54) is 12.1 Å². The Morgan fingerprint density at radius 1 is 1.30 bits per heavy atom. The van der Waals surface area contributed by atoms with Gasteiger partial charge in [-0.1, -0.05) is 13.8 Å². The summed E-state index contributed by atoms with van der Waals surface area (Å²) in [6.07, 6.45) is 0. The van der Waals surface area contributed by atoms with E-state index in [0.717, 1.165) is 6.07 Å². The number of amides is 2. The highest BCUT2D eigenvalue weighted by Crippen LogP contribution is 2.11. The van der Waals surface area contributed by atoms with Gasteiger partial charge in [0.25, 0.3) is 5.91 Å². The van der Waals surface area contributed by atoms with Crippen LogP contribution in [-0.2, 0) is 4.79 Å². The molecule has 1 aromatic rings. The molecular formula is C14H20FN3O2. The summed E-state index contributed by atoms with van der Waals surface area (Å²) >= 11 is 0. The summed E-state index contributed by atoms with van der Waals surface area (Å²) < 4.78 is 13.3. The Kier molecular flexibility index (Phi) is 5.49. The van der Waals surface area contributed by atoms with Crippen LogP contribution in [0, 0.1) is 11.7 Å². The van der Waals surface area contributed by atoms with Gasteiger partial charge in [-0.2, -0.15) is 0 Å². The predicted octanol–water partition coefficient (Wildman–Crippen LogP) is 1.30. The van der Waals surface area contributed by atoms with Crippen molar-refractivity contribution in [1.82, 2.24) is 10.6 Å². The summed E-state index contributed by atoms with van der Waals surface area (Å²) in [7, 11) is 0. The van der Waals surface area contributed by atoms with Crippen molar-refractivity contribution in [3.63, 3.8) is 0 Å². The molecule has 0 saturated carbocycles. The zero-order valence-corrected chi connectivity index (χ0v) is 11.9. The second-order valence-corrected chi connectivity index (χ2v) is 5.07. The quantitative estimate of drug-likeness (QED) is 0.711. The number of hydrogen-bond acceptors (Lipinski definition) is 3. The number of halogens is 1. The Morgan fingerprint density at radius 2 is 1.95 bits per heavy atom. The van der Waals surface area contributed by atoms with E-state index in [1.807, 2.05) is 13.8 Å². The SMILES string of the molecule is CC(C)CNC(=O)C(C)NC(=O)c1ccc(N)c(F)c1. The fraction of sp³-hybridized carbons (Fsp3) is 0.429. The van der Waals surface area contributed by atoms with Gasteiger partial charge in [-0.25, -0.2) is 4.39 Å². The first-order chi connectivity index (χ1) is 9.31. The summed E-state index contributed by atoms with van der Waals surface area (Å²) in [6.45, 7) is 6.05. The fourth-order valence-electron chi connectivity index (χ4n) is 1.47. The molecule has 0 aliphatic heterocycles. The van der Waals surface area contributed by atoms with E-state index in [2.05, 4.69) is 10.6 Å². The van der Waals surface area contributed by atoms with Crippen molar-refractivity contribution < 1.29 is 14.0 Å². The van der Waals surface area contributed by atoms with Crippen LogP contribution in [0.3, 0.4) is 0 Å². The van der Waals surface area contributed by atoms with Gasteiger partial charge in [0.15, 0.2) is 0 Å². The van der Waals surface area contributed by atoms with Gasteiger partial charge in [0.05, 0.1) is 5.69 Å². The Labute approximate surface area is 117 Å². The van der Waals surface area contributed by atoms with Gasteiger partial charge < -0.3 is 16.4 Å². The molecule has 6 heteroatoms. The largest absolute Gasteiger partial charge is 0.396 e. The molecule has 0 bridgehead atoms. The lowest BCUT2D eigenvalue weighted by Crippen LogP contribution is -2.45. The highest BCUT2D eigenvalue weighted by Gasteiger charge is 2.17. The first-order valence-electron chi connectivity index (χ1n) is 6.45. The number of nitrogen functional groups attached to an aromatic ring is 1. The van der Waals surface area contributed by atoms with Crippen LogP contribution in [-0.4, -0.2) is 24.4 Å². The monoisotopic (exact) mass is 281 g/mol. The van der Waals surface area contributed by atoms with Crippen molar-refractivity contribution >= 4 is 17.5 Å². The number of hydrogen-bond donors (Lipinski definition) is 3. The van der Waals surface area contributed by atoms with Crippen molar-refractivity contribution in [3.05, 3.63) is 29.6 Å². The number of rotatable bonds is 5. The predicted molar refractivity (Wildman–Crippen MR) is 75.6 cm³/mol.